The van der Waals surface area contributed by atoms with E-state index in [2.05, 4.69) is 56.2 Å². The Bertz CT molecular complexity index is 1590. The summed E-state index contributed by atoms with van der Waals surface area (Å²) in [6.45, 7) is 10.4. The van der Waals surface area contributed by atoms with Crippen LogP contribution in [-0.4, -0.2) is 112 Å². The van der Waals surface area contributed by atoms with Crippen molar-refractivity contribution in [1.82, 2.24) is 30.2 Å². The van der Waals surface area contributed by atoms with Gasteiger partial charge < -0.3 is 41.4 Å². The number of ether oxygens (including phenoxy) is 3. The number of fused-ring (bicyclic) bond motifs is 1. The van der Waals surface area contributed by atoms with Crippen molar-refractivity contribution in [1.29, 1.82) is 0 Å². The molecular weight excluding hydrogens is 650 g/mol. The number of carboxylic acid groups (broad SMARTS) is 1. The maximum absolute atomic E-state index is 12.7. The van der Waals surface area contributed by atoms with Crippen LogP contribution in [0.1, 0.15) is 62.5 Å². The van der Waals surface area contributed by atoms with Gasteiger partial charge >= 0.3 is 5.97 Å². The number of benzene rings is 1. The molecule has 0 saturated carbocycles. The van der Waals surface area contributed by atoms with Crippen LogP contribution in [0.25, 0.3) is 11.2 Å². The van der Waals surface area contributed by atoms with E-state index in [0.717, 1.165) is 6.54 Å². The van der Waals surface area contributed by atoms with E-state index in [1.54, 1.807) is 12.1 Å². The summed E-state index contributed by atoms with van der Waals surface area (Å²) < 4.78 is 16.6. The van der Waals surface area contributed by atoms with Gasteiger partial charge in [0.05, 0.1) is 51.5 Å². The molecule has 0 fully saturated rings. The number of rotatable bonds is 23. The number of nitrogen functional groups attached to an aromatic ring is 1. The van der Waals surface area contributed by atoms with Gasteiger partial charge in [-0.15, -0.1) is 0 Å². The van der Waals surface area contributed by atoms with Crippen LogP contribution >= 0.6 is 0 Å². The molecule has 50 heavy (non-hydrogen) atoms. The molecule has 0 bridgehead atoms. The summed E-state index contributed by atoms with van der Waals surface area (Å²) in [5, 5.41) is 15.2. The maximum atomic E-state index is 12.7. The lowest BCUT2D eigenvalue weighted by Gasteiger charge is -2.34. The Morgan fingerprint density at radius 2 is 1.64 bits per heavy atom. The average molecular weight is 700 g/mol. The number of amides is 1. The first-order valence-electron chi connectivity index (χ1n) is 16.5. The molecule has 0 radical (unpaired) electrons. The molecule has 2 heterocycles. The number of Topliss-reactive ketones (excluding diaryl/α,β-unsaturated/α-hetero) is 1. The van der Waals surface area contributed by atoms with Gasteiger partial charge in [0, 0.05) is 49.5 Å². The number of nitrogens with two attached hydrogens (primary N) is 2. The standard InChI is InChI=1S/C33H49N9O8/c1-33(2,3)42(21-34)12-14-49-16-18-50-17-15-48-13-4-5-25(43)10-11-26(31(46)47)39-29(44)22-6-8-23(9-7-22)36-19-24-20-37-28-27(38-24)30(45)41-32(35)40-28/h6-9,20,26,36H,4-5,10-19,21,34H2,1-3H3,(H,39,44)(H,46,47)(H3,35,37,40,41,45). The van der Waals surface area contributed by atoms with Crippen molar-refractivity contribution in [2.24, 2.45) is 5.73 Å². The molecule has 0 spiro atoms. The number of aromatic amines is 1. The SMILES string of the molecule is CC(C)(C)N(CN)CCOCCOCCOCCCC(=O)CCC(NC(=O)c1ccc(NCc2cnc3nc(N)[nH]c(=O)c3n2)cc1)C(=O)O. The molecule has 0 saturated heterocycles. The Morgan fingerprint density at radius 3 is 2.28 bits per heavy atom. The van der Waals surface area contributed by atoms with Crippen LogP contribution in [-0.2, 0) is 30.3 Å². The number of anilines is 2. The van der Waals surface area contributed by atoms with Crippen molar-refractivity contribution in [3.05, 3.63) is 52.1 Å². The first kappa shape index (κ1) is 39.9. The number of carbonyl (C=O) groups is 3. The molecule has 0 aliphatic carbocycles. The molecular formula is C33H49N9O8. The molecule has 3 aromatic rings. The predicted molar refractivity (Wildman–Crippen MR) is 186 cm³/mol. The van der Waals surface area contributed by atoms with Gasteiger partial charge in [0.1, 0.15) is 11.8 Å². The lowest BCUT2D eigenvalue weighted by Crippen LogP contribution is -2.46. The van der Waals surface area contributed by atoms with E-state index in [-0.39, 0.29) is 59.8 Å². The van der Waals surface area contributed by atoms with E-state index in [1.807, 2.05) is 0 Å². The van der Waals surface area contributed by atoms with Gasteiger partial charge in [0.15, 0.2) is 11.2 Å². The Morgan fingerprint density at radius 1 is 0.980 bits per heavy atom. The van der Waals surface area contributed by atoms with Gasteiger partial charge in [-0.25, -0.2) is 14.8 Å². The van der Waals surface area contributed by atoms with E-state index < -0.39 is 23.5 Å². The number of nitrogens with one attached hydrogen (secondary N) is 3. The minimum Gasteiger partial charge on any atom is -0.480 e. The summed E-state index contributed by atoms with van der Waals surface area (Å²) >= 11 is 0. The van der Waals surface area contributed by atoms with Crippen molar-refractivity contribution >= 4 is 40.5 Å². The molecule has 17 nitrogen and oxygen atoms in total. The molecule has 0 aliphatic rings. The van der Waals surface area contributed by atoms with E-state index in [9.17, 15) is 24.3 Å². The number of carboxylic acids is 1. The number of ketones is 1. The second kappa shape index (κ2) is 20.2. The molecule has 1 amide bonds. The lowest BCUT2D eigenvalue weighted by molar-refractivity contribution is -0.139. The fourth-order valence-electron chi connectivity index (χ4n) is 4.71. The molecule has 274 valence electrons. The summed E-state index contributed by atoms with van der Waals surface area (Å²) in [6, 6.07) is 5.14. The van der Waals surface area contributed by atoms with E-state index >= 15 is 0 Å². The lowest BCUT2D eigenvalue weighted by atomic mass is 10.1. The Labute approximate surface area is 290 Å². The number of carbonyl (C=O) groups excluding carboxylic acids is 2. The van der Waals surface area contributed by atoms with E-state index in [4.69, 9.17) is 25.7 Å². The van der Waals surface area contributed by atoms with Crippen LogP contribution in [0.15, 0.2) is 35.3 Å². The summed E-state index contributed by atoms with van der Waals surface area (Å²) in [6.07, 6.45) is 2.18. The number of aliphatic carboxylic acids is 1. The Kier molecular flexibility index (Phi) is 16.1. The predicted octanol–water partition coefficient (Wildman–Crippen LogP) is 1.29. The Hall–Kier alpha value is -4.55. The molecule has 1 aromatic carbocycles. The second-order valence-corrected chi connectivity index (χ2v) is 12.4. The van der Waals surface area contributed by atoms with Gasteiger partial charge in [0.2, 0.25) is 5.95 Å². The van der Waals surface area contributed by atoms with Gasteiger partial charge in [-0.3, -0.25) is 24.3 Å². The topological polar surface area (TPSA) is 250 Å². The van der Waals surface area contributed by atoms with Crippen molar-refractivity contribution < 1.29 is 33.7 Å². The highest BCUT2D eigenvalue weighted by Gasteiger charge is 2.22. The molecule has 2 aromatic heterocycles. The van der Waals surface area contributed by atoms with E-state index in [0.29, 0.717) is 64.1 Å². The summed E-state index contributed by atoms with van der Waals surface area (Å²) in [5.74, 6) is -1.97. The third kappa shape index (κ3) is 13.8. The molecule has 3 rings (SSSR count). The van der Waals surface area contributed by atoms with Crippen LogP contribution in [0.3, 0.4) is 0 Å². The van der Waals surface area contributed by atoms with Crippen LogP contribution in [0, 0.1) is 0 Å². The largest absolute Gasteiger partial charge is 0.480 e. The number of hydrogen-bond donors (Lipinski definition) is 6. The fourth-order valence-corrected chi connectivity index (χ4v) is 4.71. The average Bonchev–Trinajstić information content (AvgIpc) is 3.07. The summed E-state index contributed by atoms with van der Waals surface area (Å²) in [7, 11) is 0. The zero-order valence-corrected chi connectivity index (χ0v) is 28.9. The van der Waals surface area contributed by atoms with Crippen molar-refractivity contribution in [2.45, 2.75) is 64.6 Å². The monoisotopic (exact) mass is 699 g/mol. The minimum atomic E-state index is -1.23. The van der Waals surface area contributed by atoms with Crippen molar-refractivity contribution in [3.8, 4) is 0 Å². The molecule has 1 unspecified atom stereocenters. The third-order valence-electron chi connectivity index (χ3n) is 7.59. The smallest absolute Gasteiger partial charge is 0.326 e. The highest BCUT2D eigenvalue weighted by atomic mass is 16.5. The fraction of sp³-hybridized carbons (Fsp3) is 0.545. The number of hydrogen-bond acceptors (Lipinski definition) is 14. The summed E-state index contributed by atoms with van der Waals surface area (Å²) in [5.41, 5.74) is 12.4. The molecule has 17 heteroatoms. The maximum Gasteiger partial charge on any atom is 0.326 e. The molecule has 1 atom stereocenters. The van der Waals surface area contributed by atoms with Crippen LogP contribution < -0.4 is 27.7 Å². The highest BCUT2D eigenvalue weighted by molar-refractivity contribution is 5.97. The normalized spacial score (nSPS) is 12.3. The van der Waals surface area contributed by atoms with Crippen LogP contribution in [0.2, 0.25) is 0 Å². The third-order valence-corrected chi connectivity index (χ3v) is 7.59. The van der Waals surface area contributed by atoms with Gasteiger partial charge in [-0.05, 0) is 57.9 Å². The Balaban J connectivity index is 1.27. The number of nitrogens with zero attached hydrogens (tertiary/aromatic N) is 4. The summed E-state index contributed by atoms with van der Waals surface area (Å²) in [4.78, 5) is 65.8. The van der Waals surface area contributed by atoms with Gasteiger partial charge in [0.25, 0.3) is 11.5 Å². The van der Waals surface area contributed by atoms with Crippen molar-refractivity contribution in [2.75, 3.05) is 63.9 Å². The molecule has 0 aliphatic heterocycles. The quantitative estimate of drug-likeness (QED) is 0.0603. The first-order chi connectivity index (χ1) is 23.9. The first-order valence-corrected chi connectivity index (χ1v) is 16.5. The van der Waals surface area contributed by atoms with E-state index in [1.165, 1.54) is 18.3 Å². The zero-order valence-electron chi connectivity index (χ0n) is 28.9. The highest BCUT2D eigenvalue weighted by Crippen LogP contribution is 2.13. The molecule has 8 N–H and O–H groups in total. The number of aromatic nitrogens is 4. The second-order valence-electron chi connectivity index (χ2n) is 12.4. The van der Waals surface area contributed by atoms with Crippen LogP contribution in [0.4, 0.5) is 11.6 Å². The van der Waals surface area contributed by atoms with Gasteiger partial charge in [-0.2, -0.15) is 4.98 Å². The van der Waals surface area contributed by atoms with Crippen LogP contribution in [0.5, 0.6) is 0 Å². The van der Waals surface area contributed by atoms with Crippen molar-refractivity contribution in [3.63, 3.8) is 0 Å². The minimum absolute atomic E-state index is 0.00892. The number of H-pyrrole nitrogens is 1. The zero-order chi connectivity index (χ0) is 36.5. The van der Waals surface area contributed by atoms with Gasteiger partial charge in [-0.1, -0.05) is 0 Å².